The third kappa shape index (κ3) is 7.78. The molecule has 3 aromatic carbocycles. The zero-order chi connectivity index (χ0) is 29.4. The van der Waals surface area contributed by atoms with E-state index in [9.17, 15) is 18.0 Å². The number of amides is 2. The molecular weight excluding hydrogens is 637 g/mol. The highest BCUT2D eigenvalue weighted by Crippen LogP contribution is 2.29. The standard InChI is InChI=1S/C29H32BrCl2N3O4S/c1-4-20(3)33-29(37)27(5-2)34(18-24-25(31)15-10-16-26(24)32)28(36)19-35(22-12-9-11-21(30)17-22)40(38,39)23-13-7-6-8-14-23/h6-17,20,27H,4-5,18-19H2,1-3H3,(H,33,37)/t20-,27-/m1/s1. The lowest BCUT2D eigenvalue weighted by atomic mass is 10.1. The van der Waals surface area contributed by atoms with Gasteiger partial charge in [0.1, 0.15) is 12.6 Å². The molecule has 0 saturated heterocycles. The van der Waals surface area contributed by atoms with Gasteiger partial charge in [-0.05, 0) is 62.2 Å². The minimum atomic E-state index is -4.15. The number of benzene rings is 3. The lowest BCUT2D eigenvalue weighted by molar-refractivity contribution is -0.140. The Labute approximate surface area is 254 Å². The van der Waals surface area contributed by atoms with Crippen molar-refractivity contribution in [3.8, 4) is 0 Å². The maximum atomic E-state index is 14.1. The minimum Gasteiger partial charge on any atom is -0.352 e. The molecular formula is C29H32BrCl2N3O4S. The summed E-state index contributed by atoms with van der Waals surface area (Å²) < 4.78 is 29.4. The molecule has 1 N–H and O–H groups in total. The van der Waals surface area contributed by atoms with Gasteiger partial charge in [0.05, 0.1) is 10.6 Å². The largest absolute Gasteiger partial charge is 0.352 e. The summed E-state index contributed by atoms with van der Waals surface area (Å²) in [6, 6.07) is 18.6. The molecule has 40 heavy (non-hydrogen) atoms. The molecule has 0 saturated carbocycles. The molecule has 0 aliphatic heterocycles. The van der Waals surface area contributed by atoms with Gasteiger partial charge in [-0.2, -0.15) is 0 Å². The number of anilines is 1. The van der Waals surface area contributed by atoms with Gasteiger partial charge in [-0.15, -0.1) is 0 Å². The molecule has 0 unspecified atom stereocenters. The number of halogens is 3. The van der Waals surface area contributed by atoms with Gasteiger partial charge in [0.2, 0.25) is 11.8 Å². The number of hydrogen-bond donors (Lipinski definition) is 1. The predicted octanol–water partition coefficient (Wildman–Crippen LogP) is 6.67. The highest BCUT2D eigenvalue weighted by molar-refractivity contribution is 9.10. The number of nitrogens with one attached hydrogen (secondary N) is 1. The van der Waals surface area contributed by atoms with Crippen LogP contribution in [0.2, 0.25) is 10.0 Å². The van der Waals surface area contributed by atoms with Gasteiger partial charge in [0.25, 0.3) is 10.0 Å². The van der Waals surface area contributed by atoms with E-state index in [1.807, 2.05) is 13.8 Å². The lowest BCUT2D eigenvalue weighted by Gasteiger charge is -2.34. The molecule has 2 atom stereocenters. The van der Waals surface area contributed by atoms with Gasteiger partial charge in [-0.1, -0.05) is 83.3 Å². The molecule has 0 aliphatic rings. The fourth-order valence-electron chi connectivity index (χ4n) is 4.09. The average molecular weight is 669 g/mol. The quantitative estimate of drug-likeness (QED) is 0.234. The van der Waals surface area contributed by atoms with Crippen molar-refractivity contribution in [3.05, 3.63) is 92.9 Å². The smallest absolute Gasteiger partial charge is 0.264 e. The molecule has 0 aliphatic carbocycles. The topological polar surface area (TPSA) is 86.8 Å². The zero-order valence-electron chi connectivity index (χ0n) is 22.5. The van der Waals surface area contributed by atoms with Crippen LogP contribution in [0.4, 0.5) is 5.69 Å². The van der Waals surface area contributed by atoms with Crippen molar-refractivity contribution >= 4 is 66.7 Å². The Balaban J connectivity index is 2.09. The van der Waals surface area contributed by atoms with Gasteiger partial charge < -0.3 is 10.2 Å². The first-order valence-electron chi connectivity index (χ1n) is 12.9. The van der Waals surface area contributed by atoms with Gasteiger partial charge in [0, 0.05) is 32.7 Å². The molecule has 11 heteroatoms. The molecule has 0 heterocycles. The summed E-state index contributed by atoms with van der Waals surface area (Å²) >= 11 is 16.3. The summed E-state index contributed by atoms with van der Waals surface area (Å²) in [5.74, 6) is -0.921. The first kappa shape index (κ1) is 31.9. The number of rotatable bonds is 12. The Morgan fingerprint density at radius 3 is 2.12 bits per heavy atom. The van der Waals surface area contributed by atoms with Gasteiger partial charge in [-0.3, -0.25) is 13.9 Å². The fourth-order valence-corrected chi connectivity index (χ4v) is 6.43. The number of carbonyl (C=O) groups is 2. The monoisotopic (exact) mass is 667 g/mol. The van der Waals surface area contributed by atoms with Crippen LogP contribution >= 0.6 is 39.1 Å². The zero-order valence-corrected chi connectivity index (χ0v) is 26.4. The molecule has 0 spiro atoms. The second kappa shape index (κ2) is 14.3. The molecule has 0 radical (unpaired) electrons. The van der Waals surface area contributed by atoms with Crippen LogP contribution in [0.15, 0.2) is 82.2 Å². The van der Waals surface area contributed by atoms with Crippen LogP contribution in [-0.2, 0) is 26.2 Å². The number of carbonyl (C=O) groups excluding carboxylic acids is 2. The second-order valence-electron chi connectivity index (χ2n) is 9.27. The van der Waals surface area contributed by atoms with Gasteiger partial charge in [-0.25, -0.2) is 8.42 Å². The van der Waals surface area contributed by atoms with Gasteiger partial charge >= 0.3 is 0 Å². The highest BCUT2D eigenvalue weighted by atomic mass is 79.9. The summed E-state index contributed by atoms with van der Waals surface area (Å²) in [4.78, 5) is 28.9. The molecule has 3 aromatic rings. The maximum absolute atomic E-state index is 14.1. The second-order valence-corrected chi connectivity index (χ2v) is 12.9. The Kier molecular flexibility index (Phi) is 11.5. The van der Waals surface area contributed by atoms with E-state index in [-0.39, 0.29) is 23.4 Å². The Hall–Kier alpha value is -2.59. The van der Waals surface area contributed by atoms with E-state index in [4.69, 9.17) is 23.2 Å². The van der Waals surface area contributed by atoms with Crippen LogP contribution in [-0.4, -0.2) is 43.8 Å². The fraction of sp³-hybridized carbons (Fsp3) is 0.310. The molecule has 3 rings (SSSR count). The predicted molar refractivity (Wildman–Crippen MR) is 164 cm³/mol. The lowest BCUT2D eigenvalue weighted by Crippen LogP contribution is -2.53. The maximum Gasteiger partial charge on any atom is 0.264 e. The molecule has 0 bridgehead atoms. The van der Waals surface area contributed by atoms with Gasteiger partial charge in [0.15, 0.2) is 0 Å². The van der Waals surface area contributed by atoms with E-state index in [1.54, 1.807) is 67.6 Å². The van der Waals surface area contributed by atoms with Crippen LogP contribution in [0.5, 0.6) is 0 Å². The molecule has 2 amide bonds. The average Bonchev–Trinajstić information content (AvgIpc) is 2.93. The summed E-state index contributed by atoms with van der Waals surface area (Å²) in [7, 11) is -4.15. The van der Waals surface area contributed by atoms with E-state index >= 15 is 0 Å². The van der Waals surface area contributed by atoms with E-state index in [2.05, 4.69) is 21.2 Å². The van der Waals surface area contributed by atoms with Crippen LogP contribution in [0.3, 0.4) is 0 Å². The third-order valence-electron chi connectivity index (χ3n) is 6.48. The first-order chi connectivity index (χ1) is 19.0. The van der Waals surface area contributed by atoms with Crippen molar-refractivity contribution < 1.29 is 18.0 Å². The van der Waals surface area contributed by atoms with Crippen molar-refractivity contribution in [2.45, 2.75) is 57.1 Å². The first-order valence-corrected chi connectivity index (χ1v) is 15.8. The number of sulfonamides is 1. The summed E-state index contributed by atoms with van der Waals surface area (Å²) in [6.45, 7) is 4.98. The van der Waals surface area contributed by atoms with E-state index in [0.29, 0.717) is 38.6 Å². The van der Waals surface area contributed by atoms with Crippen molar-refractivity contribution in [2.24, 2.45) is 0 Å². The van der Waals surface area contributed by atoms with Crippen molar-refractivity contribution in [1.82, 2.24) is 10.2 Å². The van der Waals surface area contributed by atoms with Crippen molar-refractivity contribution in [1.29, 1.82) is 0 Å². The SMILES string of the molecule is CC[C@@H](C)NC(=O)[C@@H](CC)N(Cc1c(Cl)cccc1Cl)C(=O)CN(c1cccc(Br)c1)S(=O)(=O)c1ccccc1. The summed E-state index contributed by atoms with van der Waals surface area (Å²) in [5.41, 5.74) is 0.758. The molecule has 0 aromatic heterocycles. The molecule has 0 fully saturated rings. The minimum absolute atomic E-state index is 0.0324. The van der Waals surface area contributed by atoms with E-state index < -0.39 is 28.5 Å². The summed E-state index contributed by atoms with van der Waals surface area (Å²) in [6.07, 6.45) is 0.997. The Morgan fingerprint density at radius 1 is 0.925 bits per heavy atom. The molecule has 7 nitrogen and oxygen atoms in total. The highest BCUT2D eigenvalue weighted by Gasteiger charge is 2.34. The van der Waals surface area contributed by atoms with E-state index in [1.165, 1.54) is 17.0 Å². The number of hydrogen-bond acceptors (Lipinski definition) is 4. The molecule has 214 valence electrons. The van der Waals surface area contributed by atoms with Crippen LogP contribution < -0.4 is 9.62 Å². The van der Waals surface area contributed by atoms with Crippen molar-refractivity contribution in [3.63, 3.8) is 0 Å². The van der Waals surface area contributed by atoms with Crippen LogP contribution in [0, 0.1) is 0 Å². The Morgan fingerprint density at radius 2 is 1.55 bits per heavy atom. The third-order valence-corrected chi connectivity index (χ3v) is 9.47. The normalized spacial score (nSPS) is 12.8. The summed E-state index contributed by atoms with van der Waals surface area (Å²) in [5, 5.41) is 3.62. The number of nitrogens with zero attached hydrogens (tertiary/aromatic N) is 2. The van der Waals surface area contributed by atoms with Crippen molar-refractivity contribution in [2.75, 3.05) is 10.8 Å². The van der Waals surface area contributed by atoms with Crippen LogP contribution in [0.25, 0.3) is 0 Å². The van der Waals surface area contributed by atoms with Crippen LogP contribution in [0.1, 0.15) is 39.2 Å². The van der Waals surface area contributed by atoms with E-state index in [0.717, 1.165) is 4.31 Å². The Bertz CT molecular complexity index is 1420.